The lowest BCUT2D eigenvalue weighted by molar-refractivity contribution is 0.413. The third-order valence-electron chi connectivity index (χ3n) is 5.27. The molecule has 0 saturated carbocycles. The molecule has 0 aliphatic heterocycles. The summed E-state index contributed by atoms with van der Waals surface area (Å²) in [6.45, 7) is 1.96. The van der Waals surface area contributed by atoms with Crippen molar-refractivity contribution in [2.45, 2.75) is 6.92 Å². The number of nitrogens with zero attached hydrogens (tertiary/aromatic N) is 4. The molecule has 0 radical (unpaired) electrons. The molecule has 160 valence electrons. The van der Waals surface area contributed by atoms with E-state index in [1.807, 2.05) is 96.0 Å². The first-order valence-electron chi connectivity index (χ1n) is 10.3. The summed E-state index contributed by atoms with van der Waals surface area (Å²) < 4.78 is 15.5. The molecule has 0 aliphatic carbocycles. The van der Waals surface area contributed by atoms with Crippen LogP contribution in [0.3, 0.4) is 0 Å². The van der Waals surface area contributed by atoms with Crippen molar-refractivity contribution >= 4 is 22.4 Å². The zero-order valence-corrected chi connectivity index (χ0v) is 18.1. The summed E-state index contributed by atoms with van der Waals surface area (Å²) in [5.41, 5.74) is 5.45. The van der Waals surface area contributed by atoms with Crippen molar-refractivity contribution in [2.75, 3.05) is 12.4 Å². The Hall–Kier alpha value is -4.26. The van der Waals surface area contributed by atoms with Crippen LogP contribution in [0.15, 0.2) is 79.3 Å². The summed E-state index contributed by atoms with van der Waals surface area (Å²) in [6, 6.07) is 22.2. The number of rotatable bonds is 6. The van der Waals surface area contributed by atoms with Gasteiger partial charge < -0.3 is 19.4 Å². The zero-order valence-electron chi connectivity index (χ0n) is 18.1. The van der Waals surface area contributed by atoms with E-state index < -0.39 is 0 Å². The second kappa shape index (κ2) is 8.11. The molecule has 5 rings (SSSR count). The normalized spacial score (nSPS) is 11.0. The highest BCUT2D eigenvalue weighted by Crippen LogP contribution is 2.33. The minimum atomic E-state index is 0.531. The van der Waals surface area contributed by atoms with Gasteiger partial charge in [0.2, 0.25) is 0 Å². The first kappa shape index (κ1) is 19.7. The van der Waals surface area contributed by atoms with Crippen LogP contribution in [-0.2, 0) is 7.05 Å². The molecule has 0 fully saturated rings. The summed E-state index contributed by atoms with van der Waals surface area (Å²) in [5.74, 6) is 1.49. The first-order chi connectivity index (χ1) is 15.6. The van der Waals surface area contributed by atoms with E-state index in [9.17, 15) is 0 Å². The van der Waals surface area contributed by atoms with E-state index >= 15 is 0 Å². The van der Waals surface area contributed by atoms with Gasteiger partial charge in [-0.15, -0.1) is 0 Å². The van der Waals surface area contributed by atoms with E-state index in [1.54, 1.807) is 13.4 Å². The number of hydrogen-bond donors (Lipinski definition) is 1. The molecule has 32 heavy (non-hydrogen) atoms. The van der Waals surface area contributed by atoms with Crippen LogP contribution in [-0.4, -0.2) is 26.2 Å². The predicted molar refractivity (Wildman–Crippen MR) is 125 cm³/mol. The van der Waals surface area contributed by atoms with Gasteiger partial charge in [0.05, 0.1) is 36.0 Å². The van der Waals surface area contributed by atoms with Gasteiger partial charge in [-0.05, 0) is 43.3 Å². The van der Waals surface area contributed by atoms with Crippen molar-refractivity contribution in [1.29, 1.82) is 0 Å². The lowest BCUT2D eigenvalue weighted by Gasteiger charge is -2.13. The second-order valence-electron chi connectivity index (χ2n) is 7.48. The number of aryl methyl sites for hydroxylation is 2. The number of hydrogen-bond acceptors (Lipinski definition) is 5. The van der Waals surface area contributed by atoms with Crippen molar-refractivity contribution in [1.82, 2.24) is 19.1 Å². The van der Waals surface area contributed by atoms with Crippen molar-refractivity contribution in [3.63, 3.8) is 0 Å². The Kier molecular flexibility index (Phi) is 4.99. The Labute approximate surface area is 185 Å². The van der Waals surface area contributed by atoms with Crippen LogP contribution in [0.4, 0.5) is 11.4 Å². The second-order valence-corrected chi connectivity index (χ2v) is 7.48. The van der Waals surface area contributed by atoms with Crippen LogP contribution in [0.1, 0.15) is 5.69 Å². The smallest absolute Gasteiger partial charge is 0.302 e. The Bertz CT molecular complexity index is 1390. The molecule has 0 bridgehead atoms. The SMILES string of the molecule is COc1cc(Nc2cccc3c2nc(Oc2ccccc2)n3C)ccc1-n1cnc(C)c1. The molecule has 0 amide bonds. The van der Waals surface area contributed by atoms with Gasteiger partial charge in [0.15, 0.2) is 0 Å². The molecule has 0 saturated heterocycles. The summed E-state index contributed by atoms with van der Waals surface area (Å²) in [4.78, 5) is 9.05. The van der Waals surface area contributed by atoms with E-state index in [0.717, 1.165) is 45.3 Å². The first-order valence-corrected chi connectivity index (χ1v) is 10.3. The molecular weight excluding hydrogens is 402 g/mol. The van der Waals surface area contributed by atoms with Gasteiger partial charge in [-0.3, -0.25) is 4.57 Å². The Morgan fingerprint density at radius 2 is 1.81 bits per heavy atom. The van der Waals surface area contributed by atoms with Crippen molar-refractivity contribution < 1.29 is 9.47 Å². The average molecular weight is 425 g/mol. The molecule has 7 nitrogen and oxygen atoms in total. The Morgan fingerprint density at radius 3 is 2.56 bits per heavy atom. The van der Waals surface area contributed by atoms with Gasteiger partial charge in [0.25, 0.3) is 0 Å². The fraction of sp³-hybridized carbons (Fsp3) is 0.120. The maximum Gasteiger partial charge on any atom is 0.302 e. The topological polar surface area (TPSA) is 66.1 Å². The molecule has 7 heteroatoms. The monoisotopic (exact) mass is 425 g/mol. The fourth-order valence-electron chi connectivity index (χ4n) is 3.66. The van der Waals surface area contributed by atoms with E-state index in [-0.39, 0.29) is 0 Å². The van der Waals surface area contributed by atoms with Gasteiger partial charge in [0.1, 0.15) is 17.0 Å². The molecule has 0 unspecified atom stereocenters. The Morgan fingerprint density at radius 1 is 0.969 bits per heavy atom. The van der Waals surface area contributed by atoms with Crippen LogP contribution < -0.4 is 14.8 Å². The lowest BCUT2D eigenvalue weighted by atomic mass is 10.2. The number of imidazole rings is 2. The Balaban J connectivity index is 1.48. The number of aromatic nitrogens is 4. The molecule has 2 heterocycles. The van der Waals surface area contributed by atoms with Gasteiger partial charge in [-0.2, -0.15) is 4.98 Å². The van der Waals surface area contributed by atoms with Crippen molar-refractivity contribution in [2.24, 2.45) is 7.05 Å². The maximum atomic E-state index is 6.00. The summed E-state index contributed by atoms with van der Waals surface area (Å²) >= 11 is 0. The molecule has 0 aliphatic rings. The van der Waals surface area contributed by atoms with Crippen LogP contribution in [0, 0.1) is 6.92 Å². The van der Waals surface area contributed by atoms with E-state index in [4.69, 9.17) is 14.5 Å². The van der Waals surface area contributed by atoms with Gasteiger partial charge >= 0.3 is 6.01 Å². The van der Waals surface area contributed by atoms with Crippen LogP contribution >= 0.6 is 0 Å². The molecule has 2 aromatic heterocycles. The number of methoxy groups -OCH3 is 1. The minimum Gasteiger partial charge on any atom is -0.494 e. The highest BCUT2D eigenvalue weighted by Gasteiger charge is 2.14. The van der Waals surface area contributed by atoms with Crippen LogP contribution in [0.2, 0.25) is 0 Å². The standard InChI is InChI=1S/C25H23N5O2/c1-17-15-30(16-26-17)21-13-12-18(14-23(21)31-3)27-20-10-7-11-22-24(20)28-25(29(22)2)32-19-8-5-4-6-9-19/h4-16,27H,1-3H3. The van der Waals surface area contributed by atoms with Crippen molar-refractivity contribution in [3.05, 3.63) is 84.9 Å². The van der Waals surface area contributed by atoms with Gasteiger partial charge in [0, 0.05) is 25.0 Å². The van der Waals surface area contributed by atoms with E-state index in [1.165, 1.54) is 0 Å². The summed E-state index contributed by atoms with van der Waals surface area (Å²) in [6.07, 6.45) is 3.75. The molecule has 1 N–H and O–H groups in total. The summed E-state index contributed by atoms with van der Waals surface area (Å²) in [5, 5.41) is 3.47. The average Bonchev–Trinajstić information content (AvgIpc) is 3.38. The molecule has 0 spiro atoms. The highest BCUT2D eigenvalue weighted by atomic mass is 16.5. The number of anilines is 2. The molecular formula is C25H23N5O2. The molecule has 0 atom stereocenters. The predicted octanol–water partition coefficient (Wildman–Crippen LogP) is 5.61. The molecule has 5 aromatic rings. The van der Waals surface area contributed by atoms with Gasteiger partial charge in [-0.25, -0.2) is 4.98 Å². The number of fused-ring (bicyclic) bond motifs is 1. The maximum absolute atomic E-state index is 6.00. The minimum absolute atomic E-state index is 0.531. The van der Waals surface area contributed by atoms with Gasteiger partial charge in [-0.1, -0.05) is 24.3 Å². The number of nitrogens with one attached hydrogen (secondary N) is 1. The third kappa shape index (κ3) is 3.65. The lowest BCUT2D eigenvalue weighted by Crippen LogP contribution is -1.98. The molecule has 3 aromatic carbocycles. The van der Waals surface area contributed by atoms with Crippen LogP contribution in [0.25, 0.3) is 16.7 Å². The number of ether oxygens (including phenoxy) is 2. The van der Waals surface area contributed by atoms with E-state index in [0.29, 0.717) is 6.01 Å². The quantitative estimate of drug-likeness (QED) is 0.383. The highest BCUT2D eigenvalue weighted by molar-refractivity contribution is 5.91. The van der Waals surface area contributed by atoms with Crippen LogP contribution in [0.5, 0.6) is 17.5 Å². The fourth-order valence-corrected chi connectivity index (χ4v) is 3.66. The summed E-state index contributed by atoms with van der Waals surface area (Å²) in [7, 11) is 3.61. The van der Waals surface area contributed by atoms with E-state index in [2.05, 4.69) is 10.3 Å². The zero-order chi connectivity index (χ0) is 22.1. The largest absolute Gasteiger partial charge is 0.494 e. The third-order valence-corrected chi connectivity index (χ3v) is 5.27. The number of para-hydroxylation sites is 2. The number of benzene rings is 3. The van der Waals surface area contributed by atoms with Crippen molar-refractivity contribution in [3.8, 4) is 23.2 Å².